The molecule has 6 aromatic carbocycles. The summed E-state index contributed by atoms with van der Waals surface area (Å²) in [6.07, 6.45) is 6.43. The summed E-state index contributed by atoms with van der Waals surface area (Å²) in [5.74, 6) is 2.28. The third-order valence-corrected chi connectivity index (χ3v) is 10.8. The minimum Gasteiger partial charge on any atom is -0.459 e. The van der Waals surface area contributed by atoms with Crippen LogP contribution in [-0.2, 0) is 6.42 Å². The fourth-order valence-corrected chi connectivity index (χ4v) is 8.81. The van der Waals surface area contributed by atoms with Crippen LogP contribution in [0.2, 0.25) is 0 Å². The van der Waals surface area contributed by atoms with E-state index in [2.05, 4.69) is 155 Å². The van der Waals surface area contributed by atoms with Crippen LogP contribution in [0.4, 0.5) is 17.1 Å². The summed E-state index contributed by atoms with van der Waals surface area (Å²) in [7, 11) is 0. The summed E-state index contributed by atoms with van der Waals surface area (Å²) < 4.78 is 9.31. The van der Waals surface area contributed by atoms with Gasteiger partial charge in [0.05, 0.1) is 11.0 Å². The van der Waals surface area contributed by atoms with E-state index in [-0.39, 0.29) is 6.71 Å². The highest BCUT2D eigenvalue weighted by atomic mass is 16.5. The van der Waals surface area contributed by atoms with Crippen molar-refractivity contribution in [1.82, 2.24) is 4.57 Å². The molecule has 4 aliphatic rings. The van der Waals surface area contributed by atoms with Gasteiger partial charge in [0.25, 0.3) is 6.71 Å². The predicted molar refractivity (Wildman–Crippen MR) is 194 cm³/mol. The minimum atomic E-state index is 0.0932. The SMILES string of the molecule is C1=CC(c2ccccc2)CC2=C1Oc1ccc3c4ccccc4n4c3c1B2c1cc(N2c3ccccc3Cc3ccccc32)ccc1-4. The molecule has 3 nitrogen and oxygen atoms in total. The van der Waals surface area contributed by atoms with Gasteiger partial charge in [-0.2, -0.15) is 0 Å². The first-order chi connectivity index (χ1) is 23.3. The molecular weight excluding hydrogens is 571 g/mol. The topological polar surface area (TPSA) is 17.4 Å². The number of anilines is 3. The molecule has 47 heavy (non-hydrogen) atoms. The van der Waals surface area contributed by atoms with Gasteiger partial charge in [-0.3, -0.25) is 0 Å². The minimum absolute atomic E-state index is 0.0932. The molecule has 1 aliphatic carbocycles. The fourth-order valence-electron chi connectivity index (χ4n) is 8.81. The summed E-state index contributed by atoms with van der Waals surface area (Å²) in [5.41, 5.74) is 15.5. The Morgan fingerprint density at radius 3 is 2.23 bits per heavy atom. The number of benzene rings is 6. The van der Waals surface area contributed by atoms with Crippen molar-refractivity contribution in [2.75, 3.05) is 4.90 Å². The molecule has 0 saturated heterocycles. The van der Waals surface area contributed by atoms with Crippen LogP contribution in [0, 0.1) is 0 Å². The summed E-state index contributed by atoms with van der Waals surface area (Å²) in [6.45, 7) is 0.0932. The van der Waals surface area contributed by atoms with Crippen LogP contribution >= 0.6 is 0 Å². The zero-order valence-corrected chi connectivity index (χ0v) is 25.7. The van der Waals surface area contributed by atoms with Crippen LogP contribution in [-0.4, -0.2) is 11.3 Å². The van der Waals surface area contributed by atoms with E-state index in [0.29, 0.717) is 5.92 Å². The second-order valence-corrected chi connectivity index (χ2v) is 13.2. The Morgan fingerprint density at radius 1 is 0.660 bits per heavy atom. The number of rotatable bonds is 2. The Kier molecular flexibility index (Phi) is 5.09. The van der Waals surface area contributed by atoms with Crippen molar-refractivity contribution in [1.29, 1.82) is 0 Å². The fraction of sp³-hybridized carbons (Fsp3) is 0.0698. The first-order valence-corrected chi connectivity index (χ1v) is 16.6. The quantitative estimate of drug-likeness (QED) is 0.184. The normalized spacial score (nSPS) is 16.9. The number of hydrogen-bond acceptors (Lipinski definition) is 2. The number of nitrogens with zero attached hydrogens (tertiary/aromatic N) is 2. The van der Waals surface area contributed by atoms with E-state index in [4.69, 9.17) is 4.74 Å². The Bertz CT molecular complexity index is 2480. The van der Waals surface area contributed by atoms with E-state index in [0.717, 1.165) is 24.4 Å². The van der Waals surface area contributed by atoms with E-state index in [1.54, 1.807) is 0 Å². The molecule has 11 rings (SSSR count). The molecule has 1 unspecified atom stereocenters. The number of allylic oxidation sites excluding steroid dienone is 3. The largest absolute Gasteiger partial charge is 0.459 e. The van der Waals surface area contributed by atoms with Gasteiger partial charge in [0.1, 0.15) is 11.5 Å². The lowest BCUT2D eigenvalue weighted by atomic mass is 9.32. The van der Waals surface area contributed by atoms with E-state index < -0.39 is 0 Å². The maximum atomic E-state index is 6.81. The third kappa shape index (κ3) is 3.47. The number of hydrogen-bond donors (Lipinski definition) is 0. The van der Waals surface area contributed by atoms with E-state index in [1.807, 2.05) is 0 Å². The van der Waals surface area contributed by atoms with Crippen molar-refractivity contribution in [2.45, 2.75) is 18.8 Å². The summed E-state index contributed by atoms with van der Waals surface area (Å²) in [6, 6.07) is 49.1. The van der Waals surface area contributed by atoms with Crippen LogP contribution in [0.25, 0.3) is 27.5 Å². The van der Waals surface area contributed by atoms with E-state index in [1.165, 1.54) is 77.6 Å². The lowest BCUT2D eigenvalue weighted by molar-refractivity contribution is 0.434. The molecule has 4 heteroatoms. The first-order valence-electron chi connectivity index (χ1n) is 16.6. The zero-order valence-electron chi connectivity index (χ0n) is 25.7. The predicted octanol–water partition coefficient (Wildman–Crippen LogP) is 9.01. The molecule has 220 valence electrons. The molecule has 4 heterocycles. The van der Waals surface area contributed by atoms with Gasteiger partial charge in [-0.15, -0.1) is 0 Å². The van der Waals surface area contributed by atoms with Crippen molar-refractivity contribution in [3.05, 3.63) is 174 Å². The van der Waals surface area contributed by atoms with Gasteiger partial charge < -0.3 is 14.2 Å². The van der Waals surface area contributed by atoms with Gasteiger partial charge in [0.15, 0.2) is 0 Å². The molecule has 0 spiro atoms. The molecule has 0 bridgehead atoms. The number of para-hydroxylation sites is 3. The number of aromatic nitrogens is 1. The molecule has 0 saturated carbocycles. The maximum Gasteiger partial charge on any atom is 0.251 e. The van der Waals surface area contributed by atoms with E-state index >= 15 is 0 Å². The number of fused-ring (bicyclic) bond motifs is 9. The van der Waals surface area contributed by atoms with Gasteiger partial charge in [-0.25, -0.2) is 0 Å². The van der Waals surface area contributed by atoms with Crippen molar-refractivity contribution in [3.8, 4) is 11.4 Å². The highest BCUT2D eigenvalue weighted by Crippen LogP contribution is 2.46. The average Bonchev–Trinajstić information content (AvgIpc) is 3.48. The average molecular weight is 601 g/mol. The molecule has 0 amide bonds. The van der Waals surface area contributed by atoms with Gasteiger partial charge in [0.2, 0.25) is 0 Å². The standard InChI is InChI=1S/C43H29BN2O/c1-2-10-27(11-3-1)28-18-22-40-35(25-28)44-34-26-31(45-36-15-7-4-12-29(36)24-30-13-5-8-16-37(30)45)19-21-39(34)46-38-17-9-6-14-32(38)33-20-23-41(47-40)42(44)43(33)46/h1-23,26,28H,24-25H2. The second-order valence-electron chi connectivity index (χ2n) is 13.2. The zero-order chi connectivity index (χ0) is 30.6. The molecule has 1 atom stereocenters. The summed E-state index contributed by atoms with van der Waals surface area (Å²) in [4.78, 5) is 2.47. The molecule has 0 radical (unpaired) electrons. The molecule has 0 fully saturated rings. The highest BCUT2D eigenvalue weighted by Gasteiger charge is 2.43. The van der Waals surface area contributed by atoms with Crippen molar-refractivity contribution in [2.24, 2.45) is 0 Å². The van der Waals surface area contributed by atoms with Crippen LogP contribution in [0.1, 0.15) is 29.0 Å². The monoisotopic (exact) mass is 600 g/mol. The molecule has 3 aliphatic heterocycles. The van der Waals surface area contributed by atoms with E-state index in [9.17, 15) is 0 Å². The van der Waals surface area contributed by atoms with Crippen LogP contribution < -0.4 is 20.6 Å². The third-order valence-electron chi connectivity index (χ3n) is 10.8. The summed E-state index contributed by atoms with van der Waals surface area (Å²) >= 11 is 0. The van der Waals surface area contributed by atoms with Gasteiger partial charge >= 0.3 is 0 Å². The maximum absolute atomic E-state index is 6.81. The molecular formula is C43H29BN2O. The smallest absolute Gasteiger partial charge is 0.251 e. The Labute approximate surface area is 273 Å². The first kappa shape index (κ1) is 25.5. The lowest BCUT2D eigenvalue weighted by Gasteiger charge is -2.38. The van der Waals surface area contributed by atoms with Gasteiger partial charge in [0, 0.05) is 45.9 Å². The highest BCUT2D eigenvalue weighted by molar-refractivity contribution is 6.94. The number of ether oxygens (including phenoxy) is 1. The van der Waals surface area contributed by atoms with Crippen molar-refractivity contribution < 1.29 is 4.74 Å². The van der Waals surface area contributed by atoms with Crippen molar-refractivity contribution >= 4 is 56.5 Å². The Hall–Kier alpha value is -5.74. The Balaban J connectivity index is 1.19. The van der Waals surface area contributed by atoms with Crippen LogP contribution in [0.15, 0.2) is 157 Å². The van der Waals surface area contributed by atoms with Gasteiger partial charge in [-0.1, -0.05) is 91.0 Å². The van der Waals surface area contributed by atoms with Gasteiger partial charge in [-0.05, 0) is 94.1 Å². The van der Waals surface area contributed by atoms with Crippen molar-refractivity contribution in [3.63, 3.8) is 0 Å². The van der Waals surface area contributed by atoms with Crippen LogP contribution in [0.3, 0.4) is 0 Å². The molecule has 1 aromatic heterocycles. The van der Waals surface area contributed by atoms with Crippen LogP contribution in [0.5, 0.6) is 5.75 Å². The molecule has 7 aromatic rings. The Morgan fingerprint density at radius 2 is 1.40 bits per heavy atom. The summed E-state index contributed by atoms with van der Waals surface area (Å²) in [5, 5.41) is 2.57. The second kappa shape index (κ2) is 9.40. The molecule has 0 N–H and O–H groups in total. The lowest BCUT2D eigenvalue weighted by Crippen LogP contribution is -2.53.